The summed E-state index contributed by atoms with van der Waals surface area (Å²) in [6, 6.07) is -0.104. The van der Waals surface area contributed by atoms with E-state index in [1.807, 2.05) is 13.1 Å². The number of hydrogen-bond donors (Lipinski definition) is 2. The molecule has 20 heavy (non-hydrogen) atoms. The van der Waals surface area contributed by atoms with E-state index >= 15 is 0 Å². The second-order valence-electron chi connectivity index (χ2n) is 4.38. The van der Waals surface area contributed by atoms with E-state index in [1.54, 1.807) is 16.7 Å². The van der Waals surface area contributed by atoms with Gasteiger partial charge >= 0.3 is 0 Å². The number of aryl methyl sites for hydroxylation is 1. The highest BCUT2D eigenvalue weighted by Gasteiger charge is 2.16. The topological polar surface area (TPSA) is 80.9 Å². The van der Waals surface area contributed by atoms with Crippen LogP contribution in [0.15, 0.2) is 11.6 Å². The van der Waals surface area contributed by atoms with Crippen LogP contribution in [0, 0.1) is 0 Å². The first-order chi connectivity index (χ1) is 9.63. The van der Waals surface area contributed by atoms with Gasteiger partial charge in [-0.2, -0.15) is 0 Å². The molecular weight excluding hydrogens is 292 g/mol. The van der Waals surface area contributed by atoms with E-state index in [1.165, 1.54) is 16.2 Å². The van der Waals surface area contributed by atoms with Crippen LogP contribution in [0.5, 0.6) is 0 Å². The Balaban J connectivity index is 1.99. The number of carbonyl (C=O) groups is 1. The highest BCUT2D eigenvalue weighted by molar-refractivity contribution is 7.11. The smallest absolute Gasteiger partial charge is 0.271 e. The number of thiazole rings is 2. The summed E-state index contributed by atoms with van der Waals surface area (Å²) in [6.07, 6.45) is 3.54. The molecule has 7 heteroatoms. The number of nitrogens with one attached hydrogen (secondary N) is 1. The second-order valence-corrected chi connectivity index (χ2v) is 6.47. The summed E-state index contributed by atoms with van der Waals surface area (Å²) < 4.78 is 0. The van der Waals surface area contributed by atoms with Gasteiger partial charge in [0.05, 0.1) is 11.0 Å². The van der Waals surface area contributed by atoms with E-state index in [0.717, 1.165) is 16.4 Å². The fourth-order valence-corrected chi connectivity index (χ4v) is 3.33. The summed E-state index contributed by atoms with van der Waals surface area (Å²) in [4.78, 5) is 21.9. The maximum atomic E-state index is 12.1. The van der Waals surface area contributed by atoms with Crippen LogP contribution in [0.3, 0.4) is 0 Å². The number of rotatable bonds is 6. The molecule has 1 unspecified atom stereocenters. The van der Waals surface area contributed by atoms with Crippen molar-refractivity contribution in [3.8, 4) is 0 Å². The van der Waals surface area contributed by atoms with Gasteiger partial charge < -0.3 is 11.1 Å². The summed E-state index contributed by atoms with van der Waals surface area (Å²) in [7, 11) is 0. The molecule has 0 aromatic carbocycles. The number of aromatic nitrogens is 2. The van der Waals surface area contributed by atoms with E-state index in [9.17, 15) is 4.79 Å². The van der Waals surface area contributed by atoms with Crippen LogP contribution >= 0.6 is 22.7 Å². The molecule has 1 amide bonds. The molecule has 2 rings (SSSR count). The average molecular weight is 310 g/mol. The zero-order chi connectivity index (χ0) is 14.5. The summed E-state index contributed by atoms with van der Waals surface area (Å²) in [5.41, 5.74) is 5.93. The van der Waals surface area contributed by atoms with Crippen molar-refractivity contribution < 1.29 is 4.79 Å². The quantitative estimate of drug-likeness (QED) is 0.856. The zero-order valence-corrected chi connectivity index (χ0v) is 13.2. The fourth-order valence-electron chi connectivity index (χ4n) is 1.67. The van der Waals surface area contributed by atoms with Gasteiger partial charge in [0, 0.05) is 22.9 Å². The molecule has 2 aromatic heterocycles. The van der Waals surface area contributed by atoms with Gasteiger partial charge in [0.2, 0.25) is 0 Å². The van der Waals surface area contributed by atoms with E-state index in [4.69, 9.17) is 5.73 Å². The Morgan fingerprint density at radius 3 is 3.00 bits per heavy atom. The number of nitrogens with zero attached hydrogens (tertiary/aromatic N) is 2. The van der Waals surface area contributed by atoms with Gasteiger partial charge in [-0.05, 0) is 19.9 Å². The van der Waals surface area contributed by atoms with Gasteiger partial charge in [-0.3, -0.25) is 4.79 Å². The first kappa shape index (κ1) is 15.1. The minimum absolute atomic E-state index is 0.104. The largest absolute Gasteiger partial charge is 0.342 e. The Bertz CT molecular complexity index is 578. The summed E-state index contributed by atoms with van der Waals surface area (Å²) in [5, 5.41) is 6.52. The van der Waals surface area contributed by atoms with Gasteiger partial charge in [-0.1, -0.05) is 6.92 Å². The molecule has 3 N–H and O–H groups in total. The SMILES string of the molecule is CCc1cnc(C(C)NC(=O)c2csc(CCN)n2)s1. The molecule has 0 spiro atoms. The molecule has 0 aliphatic heterocycles. The minimum atomic E-state index is -0.162. The van der Waals surface area contributed by atoms with Gasteiger partial charge in [0.1, 0.15) is 10.7 Å². The number of amides is 1. The summed E-state index contributed by atoms with van der Waals surface area (Å²) in [6.45, 7) is 4.57. The van der Waals surface area contributed by atoms with Crippen LogP contribution in [0.2, 0.25) is 0 Å². The second kappa shape index (κ2) is 6.92. The highest BCUT2D eigenvalue weighted by atomic mass is 32.1. The molecule has 0 saturated heterocycles. The van der Waals surface area contributed by atoms with E-state index in [2.05, 4.69) is 22.2 Å². The first-order valence-corrected chi connectivity index (χ1v) is 8.23. The molecule has 0 aliphatic carbocycles. The lowest BCUT2D eigenvalue weighted by molar-refractivity contribution is 0.0935. The third-order valence-electron chi connectivity index (χ3n) is 2.78. The molecule has 5 nitrogen and oxygen atoms in total. The van der Waals surface area contributed by atoms with Gasteiger partial charge in [0.15, 0.2) is 0 Å². The van der Waals surface area contributed by atoms with Gasteiger partial charge in [-0.15, -0.1) is 22.7 Å². The van der Waals surface area contributed by atoms with Crippen LogP contribution in [0.4, 0.5) is 0 Å². The molecule has 1 atom stereocenters. The van der Waals surface area contributed by atoms with E-state index in [-0.39, 0.29) is 11.9 Å². The van der Waals surface area contributed by atoms with Crippen LogP contribution in [-0.4, -0.2) is 22.4 Å². The Morgan fingerprint density at radius 1 is 1.55 bits per heavy atom. The molecule has 2 aromatic rings. The third-order valence-corrected chi connectivity index (χ3v) is 5.01. The summed E-state index contributed by atoms with van der Waals surface area (Å²) in [5.74, 6) is -0.162. The lowest BCUT2D eigenvalue weighted by Gasteiger charge is -2.09. The molecule has 2 heterocycles. The number of carbonyl (C=O) groups excluding carboxylic acids is 1. The third kappa shape index (κ3) is 3.62. The Kier molecular flexibility index (Phi) is 5.22. The van der Waals surface area contributed by atoms with Crippen LogP contribution in [-0.2, 0) is 12.8 Å². The van der Waals surface area contributed by atoms with Crippen molar-refractivity contribution >= 4 is 28.6 Å². The van der Waals surface area contributed by atoms with Crippen molar-refractivity contribution in [2.45, 2.75) is 32.7 Å². The van der Waals surface area contributed by atoms with Crippen molar-refractivity contribution in [2.75, 3.05) is 6.54 Å². The molecule has 0 radical (unpaired) electrons. The average Bonchev–Trinajstić information content (AvgIpc) is 3.07. The summed E-state index contributed by atoms with van der Waals surface area (Å²) >= 11 is 3.10. The fraction of sp³-hybridized carbons (Fsp3) is 0.462. The van der Waals surface area contributed by atoms with Crippen molar-refractivity contribution in [2.24, 2.45) is 5.73 Å². The van der Waals surface area contributed by atoms with Crippen molar-refractivity contribution in [3.63, 3.8) is 0 Å². The predicted octanol–water partition coefficient (Wildman–Crippen LogP) is 2.15. The molecule has 0 aliphatic rings. The van der Waals surface area contributed by atoms with Crippen LogP contribution < -0.4 is 11.1 Å². The minimum Gasteiger partial charge on any atom is -0.342 e. The van der Waals surface area contributed by atoms with Gasteiger partial charge in [0.25, 0.3) is 5.91 Å². The highest BCUT2D eigenvalue weighted by Crippen LogP contribution is 2.20. The monoisotopic (exact) mass is 310 g/mol. The first-order valence-electron chi connectivity index (χ1n) is 6.54. The van der Waals surface area contributed by atoms with Crippen molar-refractivity contribution in [1.29, 1.82) is 0 Å². The van der Waals surface area contributed by atoms with Gasteiger partial charge in [-0.25, -0.2) is 9.97 Å². The van der Waals surface area contributed by atoms with Crippen molar-refractivity contribution in [3.05, 3.63) is 32.2 Å². The normalized spacial score (nSPS) is 12.3. The molecular formula is C13H18N4OS2. The standard InChI is InChI=1S/C13H18N4OS2/c1-3-9-6-15-13(20-9)8(2)16-12(18)10-7-19-11(17-10)4-5-14/h6-8H,3-5,14H2,1-2H3,(H,16,18). The molecule has 108 valence electrons. The Hall–Kier alpha value is -1.31. The molecule has 0 fully saturated rings. The van der Waals surface area contributed by atoms with E-state index in [0.29, 0.717) is 18.7 Å². The predicted molar refractivity (Wildman–Crippen MR) is 82.2 cm³/mol. The lowest BCUT2D eigenvalue weighted by atomic mass is 10.3. The molecule has 0 bridgehead atoms. The van der Waals surface area contributed by atoms with Crippen molar-refractivity contribution in [1.82, 2.24) is 15.3 Å². The zero-order valence-electron chi connectivity index (χ0n) is 11.5. The lowest BCUT2D eigenvalue weighted by Crippen LogP contribution is -2.26. The number of nitrogens with two attached hydrogens (primary N) is 1. The maximum absolute atomic E-state index is 12.1. The Labute approximate surface area is 126 Å². The van der Waals surface area contributed by atoms with Crippen LogP contribution in [0.25, 0.3) is 0 Å². The number of hydrogen-bond acceptors (Lipinski definition) is 6. The van der Waals surface area contributed by atoms with E-state index < -0.39 is 0 Å². The van der Waals surface area contributed by atoms with Crippen LogP contribution in [0.1, 0.15) is 45.3 Å². The Morgan fingerprint density at radius 2 is 2.35 bits per heavy atom. The molecule has 0 saturated carbocycles. The maximum Gasteiger partial charge on any atom is 0.271 e.